The van der Waals surface area contributed by atoms with Crippen LogP contribution in [0, 0.1) is 5.92 Å². The van der Waals surface area contributed by atoms with Gasteiger partial charge in [-0.3, -0.25) is 4.79 Å². The Labute approximate surface area is 99.1 Å². The van der Waals surface area contributed by atoms with E-state index < -0.39 is 0 Å². The number of carbonyl (C=O) groups excluding carboxylic acids is 1. The molecule has 3 nitrogen and oxygen atoms in total. The van der Waals surface area contributed by atoms with Gasteiger partial charge in [-0.25, -0.2) is 0 Å². The maximum Gasteiger partial charge on any atom is 0.222 e. The van der Waals surface area contributed by atoms with Crippen LogP contribution in [0.15, 0.2) is 0 Å². The Morgan fingerprint density at radius 3 is 2.69 bits per heavy atom. The van der Waals surface area contributed by atoms with E-state index in [1.165, 1.54) is 0 Å². The third kappa shape index (κ3) is 4.97. The van der Waals surface area contributed by atoms with Crippen molar-refractivity contribution in [3.8, 4) is 0 Å². The zero-order valence-corrected chi connectivity index (χ0v) is 10.7. The van der Waals surface area contributed by atoms with Gasteiger partial charge in [0.2, 0.25) is 5.91 Å². The molecule has 1 heterocycles. The summed E-state index contributed by atoms with van der Waals surface area (Å²) in [6.07, 6.45) is 6.28. The zero-order valence-electron chi connectivity index (χ0n) is 10.7. The monoisotopic (exact) mass is 227 g/mol. The van der Waals surface area contributed by atoms with Crippen molar-refractivity contribution in [1.82, 2.24) is 4.90 Å². The van der Waals surface area contributed by atoms with Crippen LogP contribution < -0.4 is 0 Å². The molecular formula is C13H25NO2. The van der Waals surface area contributed by atoms with E-state index >= 15 is 0 Å². The molecule has 0 spiro atoms. The number of ether oxygens (including phenoxy) is 1. The van der Waals surface area contributed by atoms with Crippen molar-refractivity contribution in [1.29, 1.82) is 0 Å². The van der Waals surface area contributed by atoms with Crippen LogP contribution in [0.3, 0.4) is 0 Å². The summed E-state index contributed by atoms with van der Waals surface area (Å²) in [6, 6.07) is 0. The van der Waals surface area contributed by atoms with E-state index in [2.05, 4.69) is 6.92 Å². The van der Waals surface area contributed by atoms with E-state index in [0.717, 1.165) is 57.8 Å². The second-order valence-electron chi connectivity index (χ2n) is 4.76. The van der Waals surface area contributed by atoms with Gasteiger partial charge in [0.1, 0.15) is 0 Å². The molecule has 0 aliphatic carbocycles. The van der Waals surface area contributed by atoms with Gasteiger partial charge >= 0.3 is 0 Å². The summed E-state index contributed by atoms with van der Waals surface area (Å²) in [5, 5.41) is 0. The van der Waals surface area contributed by atoms with Crippen LogP contribution in [0.5, 0.6) is 0 Å². The quantitative estimate of drug-likeness (QED) is 0.697. The Hall–Kier alpha value is -0.570. The molecule has 1 aliphatic heterocycles. The number of amides is 1. The summed E-state index contributed by atoms with van der Waals surface area (Å²) in [5.41, 5.74) is 0. The van der Waals surface area contributed by atoms with Gasteiger partial charge < -0.3 is 9.64 Å². The zero-order chi connectivity index (χ0) is 11.8. The van der Waals surface area contributed by atoms with Crippen LogP contribution in [0.1, 0.15) is 45.4 Å². The molecule has 0 aromatic carbocycles. The highest BCUT2D eigenvalue weighted by molar-refractivity contribution is 5.75. The molecule has 0 aromatic heterocycles. The van der Waals surface area contributed by atoms with E-state index in [0.29, 0.717) is 12.3 Å². The third-order valence-corrected chi connectivity index (χ3v) is 3.38. The average Bonchev–Trinajstić information content (AvgIpc) is 2.34. The summed E-state index contributed by atoms with van der Waals surface area (Å²) < 4.78 is 5.33. The van der Waals surface area contributed by atoms with Crippen LogP contribution in [-0.2, 0) is 9.53 Å². The number of hydrogen-bond acceptors (Lipinski definition) is 2. The minimum atomic E-state index is 0.300. The topological polar surface area (TPSA) is 29.5 Å². The molecule has 1 fully saturated rings. The van der Waals surface area contributed by atoms with Gasteiger partial charge in [-0.1, -0.05) is 13.3 Å². The summed E-state index contributed by atoms with van der Waals surface area (Å²) in [5.74, 6) is 1.06. The summed E-state index contributed by atoms with van der Waals surface area (Å²) in [4.78, 5) is 13.6. The van der Waals surface area contributed by atoms with Crippen molar-refractivity contribution in [3.05, 3.63) is 0 Å². The largest absolute Gasteiger partial charge is 0.381 e. The Kier molecular flexibility index (Phi) is 6.46. The van der Waals surface area contributed by atoms with Gasteiger partial charge in [0.15, 0.2) is 0 Å². The SMILES string of the molecule is CCCCC(=O)N(C)CCC1CCOCC1. The van der Waals surface area contributed by atoms with E-state index in [9.17, 15) is 4.79 Å². The molecule has 1 saturated heterocycles. The summed E-state index contributed by atoms with van der Waals surface area (Å²) in [6.45, 7) is 4.83. The third-order valence-electron chi connectivity index (χ3n) is 3.38. The Balaban J connectivity index is 2.12. The highest BCUT2D eigenvalue weighted by Gasteiger charge is 2.15. The normalized spacial score (nSPS) is 17.4. The molecule has 0 radical (unpaired) electrons. The molecule has 3 heteroatoms. The fraction of sp³-hybridized carbons (Fsp3) is 0.923. The van der Waals surface area contributed by atoms with Gasteiger partial charge in [-0.15, -0.1) is 0 Å². The van der Waals surface area contributed by atoms with Gasteiger partial charge in [0, 0.05) is 33.2 Å². The second kappa shape index (κ2) is 7.66. The van der Waals surface area contributed by atoms with Crippen molar-refractivity contribution in [2.24, 2.45) is 5.92 Å². The number of unbranched alkanes of at least 4 members (excludes halogenated alkanes) is 1. The van der Waals surface area contributed by atoms with E-state index in [-0.39, 0.29) is 0 Å². The Morgan fingerprint density at radius 1 is 1.38 bits per heavy atom. The lowest BCUT2D eigenvalue weighted by molar-refractivity contribution is -0.130. The molecule has 94 valence electrons. The van der Waals surface area contributed by atoms with Crippen LogP contribution in [-0.4, -0.2) is 37.6 Å². The van der Waals surface area contributed by atoms with Gasteiger partial charge in [-0.2, -0.15) is 0 Å². The first-order chi connectivity index (χ1) is 7.74. The number of hydrogen-bond donors (Lipinski definition) is 0. The lowest BCUT2D eigenvalue weighted by Gasteiger charge is -2.24. The maximum absolute atomic E-state index is 11.7. The Morgan fingerprint density at radius 2 is 2.06 bits per heavy atom. The first kappa shape index (κ1) is 13.5. The molecular weight excluding hydrogens is 202 g/mol. The van der Waals surface area contributed by atoms with Crippen LogP contribution in [0.2, 0.25) is 0 Å². The lowest BCUT2D eigenvalue weighted by atomic mass is 9.96. The molecule has 1 rings (SSSR count). The number of rotatable bonds is 6. The van der Waals surface area contributed by atoms with Gasteiger partial charge in [-0.05, 0) is 31.6 Å². The maximum atomic E-state index is 11.7. The fourth-order valence-electron chi connectivity index (χ4n) is 2.05. The highest BCUT2D eigenvalue weighted by atomic mass is 16.5. The highest BCUT2D eigenvalue weighted by Crippen LogP contribution is 2.18. The van der Waals surface area contributed by atoms with Crippen molar-refractivity contribution in [3.63, 3.8) is 0 Å². The average molecular weight is 227 g/mol. The predicted molar refractivity (Wildman–Crippen MR) is 65.3 cm³/mol. The van der Waals surface area contributed by atoms with Crippen molar-refractivity contribution in [2.45, 2.75) is 45.4 Å². The van der Waals surface area contributed by atoms with Crippen LogP contribution in [0.4, 0.5) is 0 Å². The molecule has 0 aromatic rings. The van der Waals surface area contributed by atoms with Crippen molar-refractivity contribution in [2.75, 3.05) is 26.8 Å². The fourth-order valence-corrected chi connectivity index (χ4v) is 2.05. The minimum Gasteiger partial charge on any atom is -0.381 e. The number of carbonyl (C=O) groups is 1. The summed E-state index contributed by atoms with van der Waals surface area (Å²) >= 11 is 0. The van der Waals surface area contributed by atoms with Crippen LogP contribution >= 0.6 is 0 Å². The van der Waals surface area contributed by atoms with Crippen LogP contribution in [0.25, 0.3) is 0 Å². The molecule has 0 atom stereocenters. The van der Waals surface area contributed by atoms with Crippen molar-refractivity contribution < 1.29 is 9.53 Å². The molecule has 0 unspecified atom stereocenters. The lowest BCUT2D eigenvalue weighted by Crippen LogP contribution is -2.29. The van der Waals surface area contributed by atoms with Crippen molar-refractivity contribution >= 4 is 5.91 Å². The molecule has 0 N–H and O–H groups in total. The summed E-state index contributed by atoms with van der Waals surface area (Å²) in [7, 11) is 1.93. The van der Waals surface area contributed by atoms with E-state index in [1.807, 2.05) is 11.9 Å². The van der Waals surface area contributed by atoms with Gasteiger partial charge in [0.25, 0.3) is 0 Å². The minimum absolute atomic E-state index is 0.300. The molecule has 0 bridgehead atoms. The van der Waals surface area contributed by atoms with E-state index in [1.54, 1.807) is 0 Å². The molecule has 0 saturated carbocycles. The Bertz CT molecular complexity index is 200. The van der Waals surface area contributed by atoms with Gasteiger partial charge in [0.05, 0.1) is 0 Å². The first-order valence-corrected chi connectivity index (χ1v) is 6.55. The first-order valence-electron chi connectivity index (χ1n) is 6.55. The predicted octanol–water partition coefficient (Wildman–Crippen LogP) is 2.45. The van der Waals surface area contributed by atoms with E-state index in [4.69, 9.17) is 4.74 Å². The second-order valence-corrected chi connectivity index (χ2v) is 4.76. The molecule has 1 amide bonds. The smallest absolute Gasteiger partial charge is 0.222 e. The standard InChI is InChI=1S/C13H25NO2/c1-3-4-5-13(15)14(2)9-6-12-7-10-16-11-8-12/h12H,3-11H2,1-2H3. The molecule has 1 aliphatic rings. The molecule has 16 heavy (non-hydrogen) atoms. The number of nitrogens with zero attached hydrogens (tertiary/aromatic N) is 1.